The number of nitrogens with one attached hydrogen (secondary N) is 1. The van der Waals surface area contributed by atoms with Crippen LogP contribution in [0.4, 0.5) is 5.69 Å². The third-order valence-corrected chi connectivity index (χ3v) is 4.26. The second-order valence-corrected chi connectivity index (χ2v) is 6.14. The van der Waals surface area contributed by atoms with E-state index in [1.807, 2.05) is 37.3 Å². The molecule has 6 nitrogen and oxygen atoms in total. The Labute approximate surface area is 160 Å². The summed E-state index contributed by atoms with van der Waals surface area (Å²) in [5.74, 6) is 1.17. The van der Waals surface area contributed by atoms with Crippen molar-refractivity contribution in [1.29, 1.82) is 0 Å². The molecule has 0 aliphatic heterocycles. The van der Waals surface area contributed by atoms with Crippen LogP contribution in [-0.2, 0) is 22.6 Å². The normalized spacial score (nSPS) is 10.2. The summed E-state index contributed by atoms with van der Waals surface area (Å²) >= 11 is 0. The number of carbonyl (C=O) groups excluding carboxylic acids is 2. The summed E-state index contributed by atoms with van der Waals surface area (Å²) in [4.78, 5) is 25.8. The van der Waals surface area contributed by atoms with Crippen molar-refractivity contribution in [2.45, 2.75) is 26.8 Å². The average molecular weight is 370 g/mol. The summed E-state index contributed by atoms with van der Waals surface area (Å²) in [5.41, 5.74) is 2.44. The predicted molar refractivity (Wildman–Crippen MR) is 105 cm³/mol. The Kier molecular flexibility index (Phi) is 7.23. The van der Waals surface area contributed by atoms with Crippen molar-refractivity contribution in [3.8, 4) is 11.5 Å². The minimum Gasteiger partial charge on any atom is -0.497 e. The average Bonchev–Trinajstić information content (AvgIpc) is 2.66. The molecule has 6 heteroatoms. The summed E-state index contributed by atoms with van der Waals surface area (Å²) in [7, 11) is 3.15. The number of amides is 2. The lowest BCUT2D eigenvalue weighted by molar-refractivity contribution is -0.129. The van der Waals surface area contributed by atoms with Gasteiger partial charge < -0.3 is 19.7 Å². The van der Waals surface area contributed by atoms with Gasteiger partial charge in [0.1, 0.15) is 11.5 Å². The van der Waals surface area contributed by atoms with Crippen molar-refractivity contribution >= 4 is 17.5 Å². The molecule has 2 aromatic rings. The van der Waals surface area contributed by atoms with Crippen LogP contribution < -0.4 is 14.8 Å². The number of benzene rings is 2. The molecule has 0 aromatic heterocycles. The van der Waals surface area contributed by atoms with E-state index in [9.17, 15) is 9.59 Å². The molecule has 0 saturated carbocycles. The lowest BCUT2D eigenvalue weighted by Crippen LogP contribution is -2.27. The van der Waals surface area contributed by atoms with Crippen LogP contribution >= 0.6 is 0 Å². The van der Waals surface area contributed by atoms with Crippen molar-refractivity contribution < 1.29 is 19.1 Å². The van der Waals surface area contributed by atoms with E-state index in [-0.39, 0.29) is 18.2 Å². The number of rotatable bonds is 8. The van der Waals surface area contributed by atoms with Gasteiger partial charge in [-0.1, -0.05) is 18.2 Å². The molecule has 2 aromatic carbocycles. The largest absolute Gasteiger partial charge is 0.497 e. The molecular weight excluding hydrogens is 344 g/mol. The van der Waals surface area contributed by atoms with Gasteiger partial charge in [-0.3, -0.25) is 9.59 Å². The van der Waals surface area contributed by atoms with Crippen molar-refractivity contribution in [3.63, 3.8) is 0 Å². The van der Waals surface area contributed by atoms with Crippen molar-refractivity contribution in [2.75, 3.05) is 26.1 Å². The molecule has 0 aliphatic rings. The highest BCUT2D eigenvalue weighted by atomic mass is 16.5. The maximum atomic E-state index is 12.4. The van der Waals surface area contributed by atoms with E-state index >= 15 is 0 Å². The highest BCUT2D eigenvalue weighted by molar-refractivity contribution is 5.92. The van der Waals surface area contributed by atoms with E-state index < -0.39 is 0 Å². The maximum absolute atomic E-state index is 12.4. The van der Waals surface area contributed by atoms with Crippen LogP contribution in [-0.4, -0.2) is 37.5 Å². The highest BCUT2D eigenvalue weighted by Crippen LogP contribution is 2.25. The van der Waals surface area contributed by atoms with Gasteiger partial charge in [0, 0.05) is 37.3 Å². The van der Waals surface area contributed by atoms with E-state index in [1.54, 1.807) is 38.2 Å². The summed E-state index contributed by atoms with van der Waals surface area (Å²) in [6.45, 7) is 4.65. The quantitative estimate of drug-likeness (QED) is 0.774. The molecule has 0 saturated heterocycles. The Morgan fingerprint density at radius 3 is 2.48 bits per heavy atom. The number of anilines is 1. The summed E-state index contributed by atoms with van der Waals surface area (Å²) in [6, 6.07) is 12.9. The molecule has 0 radical (unpaired) electrons. The molecule has 0 atom stereocenters. The molecule has 0 heterocycles. The first kappa shape index (κ1) is 20.3. The first-order valence-electron chi connectivity index (χ1n) is 8.82. The van der Waals surface area contributed by atoms with Crippen LogP contribution in [0.25, 0.3) is 0 Å². The molecule has 2 rings (SSSR count). The second-order valence-electron chi connectivity index (χ2n) is 6.14. The highest BCUT2D eigenvalue weighted by Gasteiger charge is 2.11. The zero-order chi connectivity index (χ0) is 19.8. The summed E-state index contributed by atoms with van der Waals surface area (Å²) in [5, 5.41) is 2.90. The van der Waals surface area contributed by atoms with E-state index in [4.69, 9.17) is 9.47 Å². The van der Waals surface area contributed by atoms with Crippen molar-refractivity contribution in [2.24, 2.45) is 0 Å². The van der Waals surface area contributed by atoms with Gasteiger partial charge in [0.15, 0.2) is 0 Å². The summed E-state index contributed by atoms with van der Waals surface area (Å²) < 4.78 is 10.5. The Balaban J connectivity index is 2.06. The number of hydrogen-bond donors (Lipinski definition) is 1. The Bertz CT molecular complexity index is 805. The van der Waals surface area contributed by atoms with E-state index in [2.05, 4.69) is 5.32 Å². The molecule has 27 heavy (non-hydrogen) atoms. The van der Waals surface area contributed by atoms with E-state index in [0.717, 1.165) is 11.1 Å². The fourth-order valence-electron chi connectivity index (χ4n) is 2.79. The number of carbonyl (C=O) groups is 2. The smallest absolute Gasteiger partial charge is 0.228 e. The predicted octanol–water partition coefficient (Wildman–Crippen LogP) is 3.25. The SMILES string of the molecule is CCN(Cc1cccc(NC(=O)Cc2ccc(OC)cc2OC)c1)C(C)=O. The van der Waals surface area contributed by atoms with Crippen LogP contribution in [0.3, 0.4) is 0 Å². The first-order chi connectivity index (χ1) is 13.0. The number of ether oxygens (including phenoxy) is 2. The van der Waals surface area contributed by atoms with Gasteiger partial charge in [0.25, 0.3) is 0 Å². The third kappa shape index (κ3) is 5.74. The molecule has 0 spiro atoms. The van der Waals surface area contributed by atoms with Crippen molar-refractivity contribution in [1.82, 2.24) is 4.90 Å². The molecule has 0 unspecified atom stereocenters. The van der Waals surface area contributed by atoms with Crippen LogP contribution in [0.1, 0.15) is 25.0 Å². The van der Waals surface area contributed by atoms with Gasteiger partial charge >= 0.3 is 0 Å². The van der Waals surface area contributed by atoms with Gasteiger partial charge in [0.05, 0.1) is 20.6 Å². The van der Waals surface area contributed by atoms with Gasteiger partial charge in [-0.25, -0.2) is 0 Å². The number of nitrogens with zero attached hydrogens (tertiary/aromatic N) is 1. The van der Waals surface area contributed by atoms with Gasteiger partial charge in [0.2, 0.25) is 11.8 Å². The first-order valence-corrected chi connectivity index (χ1v) is 8.82. The monoisotopic (exact) mass is 370 g/mol. The maximum Gasteiger partial charge on any atom is 0.228 e. The van der Waals surface area contributed by atoms with Crippen molar-refractivity contribution in [3.05, 3.63) is 53.6 Å². The van der Waals surface area contributed by atoms with Gasteiger partial charge in [-0.2, -0.15) is 0 Å². The molecule has 0 fully saturated rings. The molecule has 0 aliphatic carbocycles. The fourth-order valence-corrected chi connectivity index (χ4v) is 2.79. The topological polar surface area (TPSA) is 67.9 Å². The Morgan fingerprint density at radius 2 is 1.85 bits per heavy atom. The van der Waals surface area contributed by atoms with Gasteiger partial charge in [-0.05, 0) is 30.7 Å². The zero-order valence-corrected chi connectivity index (χ0v) is 16.2. The Morgan fingerprint density at radius 1 is 1.07 bits per heavy atom. The summed E-state index contributed by atoms with van der Waals surface area (Å²) in [6.07, 6.45) is 0.186. The van der Waals surface area contributed by atoms with Crippen LogP contribution in [0.15, 0.2) is 42.5 Å². The standard InChI is InChI=1S/C21H26N2O4/c1-5-23(15(2)24)14-16-7-6-8-18(11-16)22-21(25)12-17-9-10-19(26-3)13-20(17)27-4/h6-11,13H,5,12,14H2,1-4H3,(H,22,25). The fraction of sp³-hybridized carbons (Fsp3) is 0.333. The van der Waals surface area contributed by atoms with Gasteiger partial charge in [-0.15, -0.1) is 0 Å². The minimum atomic E-state index is -0.144. The zero-order valence-electron chi connectivity index (χ0n) is 16.2. The van der Waals surface area contributed by atoms with Crippen LogP contribution in [0.5, 0.6) is 11.5 Å². The van der Waals surface area contributed by atoms with Crippen LogP contribution in [0.2, 0.25) is 0 Å². The molecule has 1 N–H and O–H groups in total. The Hall–Kier alpha value is -3.02. The molecular formula is C21H26N2O4. The molecule has 144 valence electrons. The third-order valence-electron chi connectivity index (χ3n) is 4.26. The lowest BCUT2D eigenvalue weighted by atomic mass is 10.1. The molecule has 0 bridgehead atoms. The van der Waals surface area contributed by atoms with E-state index in [0.29, 0.717) is 30.3 Å². The minimum absolute atomic E-state index is 0.0264. The lowest BCUT2D eigenvalue weighted by Gasteiger charge is -2.19. The molecule has 2 amide bonds. The van der Waals surface area contributed by atoms with E-state index in [1.165, 1.54) is 0 Å². The second kappa shape index (κ2) is 9.62. The van der Waals surface area contributed by atoms with Crippen LogP contribution in [0, 0.1) is 0 Å². The number of methoxy groups -OCH3 is 2. The number of hydrogen-bond acceptors (Lipinski definition) is 4.